The molecule has 0 radical (unpaired) electrons. The summed E-state index contributed by atoms with van der Waals surface area (Å²) in [6.07, 6.45) is 1.63. The zero-order valence-corrected chi connectivity index (χ0v) is 17.3. The second-order valence-electron chi connectivity index (χ2n) is 6.43. The molecule has 0 atom stereocenters. The molecular formula is C20H25IN4O. The lowest BCUT2D eigenvalue weighted by Crippen LogP contribution is -2.24. The Balaban J connectivity index is 0.00000243. The fraction of sp³-hybridized carbons (Fsp3) is 0.300. The van der Waals surface area contributed by atoms with Crippen LogP contribution in [0.3, 0.4) is 0 Å². The van der Waals surface area contributed by atoms with E-state index < -0.39 is 0 Å². The van der Waals surface area contributed by atoms with Crippen LogP contribution in [0.5, 0.6) is 0 Å². The zero-order valence-electron chi connectivity index (χ0n) is 14.9. The average molecular weight is 464 g/mol. The molecule has 2 aromatic rings. The number of nitrogens with two attached hydrogens (primary N) is 1. The van der Waals surface area contributed by atoms with Crippen LogP contribution >= 0.6 is 24.0 Å². The van der Waals surface area contributed by atoms with Gasteiger partial charge >= 0.3 is 0 Å². The molecule has 3 rings (SSSR count). The quantitative estimate of drug-likeness (QED) is 0.403. The van der Waals surface area contributed by atoms with Gasteiger partial charge in [-0.3, -0.25) is 4.79 Å². The lowest BCUT2D eigenvalue weighted by atomic mass is 10.1. The Morgan fingerprint density at radius 1 is 1.19 bits per heavy atom. The number of nitrogens with one attached hydrogen (secondary N) is 1. The summed E-state index contributed by atoms with van der Waals surface area (Å²) in [7, 11) is 0. The molecule has 1 heterocycles. The topological polar surface area (TPSA) is 70.7 Å². The van der Waals surface area contributed by atoms with E-state index in [-0.39, 0.29) is 29.9 Å². The summed E-state index contributed by atoms with van der Waals surface area (Å²) < 4.78 is 0. The number of likely N-dealkylation sites (tertiary alicyclic amines) is 1. The summed E-state index contributed by atoms with van der Waals surface area (Å²) in [4.78, 5) is 18.1. The molecule has 0 unspecified atom stereocenters. The van der Waals surface area contributed by atoms with E-state index in [4.69, 9.17) is 5.73 Å². The maximum atomic E-state index is 11.8. The van der Waals surface area contributed by atoms with Crippen molar-refractivity contribution in [3.63, 3.8) is 0 Å². The fourth-order valence-corrected chi connectivity index (χ4v) is 3.00. The Hall–Kier alpha value is -2.09. The van der Waals surface area contributed by atoms with Gasteiger partial charge in [-0.15, -0.1) is 24.0 Å². The van der Waals surface area contributed by atoms with Crippen molar-refractivity contribution in [3.8, 4) is 0 Å². The average Bonchev–Trinajstić information content (AvgIpc) is 2.98. The van der Waals surface area contributed by atoms with Crippen LogP contribution in [-0.4, -0.2) is 23.3 Å². The second-order valence-corrected chi connectivity index (χ2v) is 6.43. The number of hydrogen-bond acceptors (Lipinski definition) is 2. The first kappa shape index (κ1) is 20.2. The minimum atomic E-state index is 0. The first-order valence-corrected chi connectivity index (χ1v) is 8.59. The van der Waals surface area contributed by atoms with E-state index in [1.165, 1.54) is 5.56 Å². The third kappa shape index (κ3) is 5.72. The van der Waals surface area contributed by atoms with Crippen LogP contribution in [0.1, 0.15) is 29.5 Å². The van der Waals surface area contributed by atoms with Crippen LogP contribution in [-0.2, 0) is 17.9 Å². The summed E-state index contributed by atoms with van der Waals surface area (Å²) in [5, 5.41) is 3.11. The van der Waals surface area contributed by atoms with Gasteiger partial charge in [0.25, 0.3) is 0 Å². The van der Waals surface area contributed by atoms with Crippen LogP contribution in [0.2, 0.25) is 0 Å². The zero-order chi connectivity index (χ0) is 17.6. The number of carbonyl (C=O) groups excluding carboxylic acids is 1. The standard InChI is InChI=1S/C20H24N4O.HI/c1-15-5-2-8-18(11-15)23-20(21)22-13-16-6-3-7-17(12-16)14-24-10-4-9-19(24)25;/h2-3,5-8,11-12H,4,9-10,13-14H2,1H3,(H3,21,22,23);1H. The van der Waals surface area contributed by atoms with Gasteiger partial charge in [0.2, 0.25) is 5.91 Å². The smallest absolute Gasteiger partial charge is 0.222 e. The number of amides is 1. The van der Waals surface area contributed by atoms with Crippen molar-refractivity contribution >= 4 is 41.5 Å². The third-order valence-electron chi connectivity index (χ3n) is 4.26. The number of benzene rings is 2. The number of aryl methyl sites for hydroxylation is 1. The number of guanidine groups is 1. The Morgan fingerprint density at radius 2 is 1.96 bits per heavy atom. The van der Waals surface area contributed by atoms with Crippen molar-refractivity contribution in [3.05, 3.63) is 65.2 Å². The summed E-state index contributed by atoms with van der Waals surface area (Å²) in [6, 6.07) is 16.2. The Kier molecular flexibility index (Phi) is 7.44. The molecule has 1 amide bonds. The minimum Gasteiger partial charge on any atom is -0.370 e. The largest absolute Gasteiger partial charge is 0.370 e. The normalized spacial score (nSPS) is 14.3. The van der Waals surface area contributed by atoms with E-state index in [1.807, 2.05) is 54.3 Å². The van der Waals surface area contributed by atoms with E-state index >= 15 is 0 Å². The Morgan fingerprint density at radius 3 is 2.69 bits per heavy atom. The summed E-state index contributed by atoms with van der Waals surface area (Å²) in [5.41, 5.74) is 10.3. The van der Waals surface area contributed by atoms with Gasteiger partial charge in [-0.2, -0.15) is 0 Å². The van der Waals surface area contributed by atoms with Gasteiger partial charge in [0.1, 0.15) is 0 Å². The van der Waals surface area contributed by atoms with Crippen molar-refractivity contribution in [2.24, 2.45) is 10.7 Å². The molecule has 138 valence electrons. The van der Waals surface area contributed by atoms with E-state index in [2.05, 4.69) is 16.4 Å². The van der Waals surface area contributed by atoms with Gasteiger partial charge in [-0.25, -0.2) is 4.99 Å². The first-order valence-electron chi connectivity index (χ1n) is 8.59. The number of aliphatic imine (C=N–C) groups is 1. The molecule has 1 fully saturated rings. The van der Waals surface area contributed by atoms with Gasteiger partial charge < -0.3 is 16.0 Å². The molecule has 0 aromatic heterocycles. The van der Waals surface area contributed by atoms with Gasteiger partial charge in [-0.05, 0) is 42.2 Å². The maximum Gasteiger partial charge on any atom is 0.222 e. The van der Waals surface area contributed by atoms with Gasteiger partial charge in [0, 0.05) is 25.2 Å². The van der Waals surface area contributed by atoms with Crippen LogP contribution in [0.4, 0.5) is 5.69 Å². The number of nitrogens with zero attached hydrogens (tertiary/aromatic N) is 2. The van der Waals surface area contributed by atoms with Gasteiger partial charge in [0.05, 0.1) is 6.54 Å². The molecule has 0 saturated carbocycles. The highest BCUT2D eigenvalue weighted by Crippen LogP contribution is 2.15. The lowest BCUT2D eigenvalue weighted by molar-refractivity contribution is -0.128. The van der Waals surface area contributed by atoms with Crippen LogP contribution < -0.4 is 11.1 Å². The Bertz CT molecular complexity index is 791. The van der Waals surface area contributed by atoms with Crippen molar-refractivity contribution in [2.75, 3.05) is 11.9 Å². The maximum absolute atomic E-state index is 11.8. The van der Waals surface area contributed by atoms with Crippen LogP contribution in [0, 0.1) is 6.92 Å². The highest BCUT2D eigenvalue weighted by atomic mass is 127. The minimum absolute atomic E-state index is 0. The number of hydrogen-bond donors (Lipinski definition) is 2. The predicted octanol–water partition coefficient (Wildman–Crippen LogP) is 3.66. The van der Waals surface area contributed by atoms with E-state index in [0.29, 0.717) is 25.5 Å². The highest BCUT2D eigenvalue weighted by molar-refractivity contribution is 14.0. The summed E-state index contributed by atoms with van der Waals surface area (Å²) in [6.45, 7) is 4.07. The molecule has 1 saturated heterocycles. The molecule has 3 N–H and O–H groups in total. The lowest BCUT2D eigenvalue weighted by Gasteiger charge is -2.15. The monoisotopic (exact) mass is 464 g/mol. The number of anilines is 1. The van der Waals surface area contributed by atoms with Crippen molar-refractivity contribution in [1.82, 2.24) is 4.90 Å². The molecular weight excluding hydrogens is 439 g/mol. The van der Waals surface area contributed by atoms with Crippen molar-refractivity contribution in [1.29, 1.82) is 0 Å². The number of rotatable bonds is 5. The van der Waals surface area contributed by atoms with E-state index in [0.717, 1.165) is 29.8 Å². The number of carbonyl (C=O) groups is 1. The number of halogens is 1. The fourth-order valence-electron chi connectivity index (χ4n) is 3.00. The van der Waals surface area contributed by atoms with E-state index in [1.54, 1.807) is 0 Å². The molecule has 26 heavy (non-hydrogen) atoms. The molecule has 1 aliphatic rings. The third-order valence-corrected chi connectivity index (χ3v) is 4.26. The van der Waals surface area contributed by atoms with Gasteiger partial charge in [-0.1, -0.05) is 36.4 Å². The van der Waals surface area contributed by atoms with Crippen molar-refractivity contribution in [2.45, 2.75) is 32.9 Å². The molecule has 0 aliphatic carbocycles. The second kappa shape index (κ2) is 9.56. The molecule has 6 heteroatoms. The first-order chi connectivity index (χ1) is 12.1. The molecule has 2 aromatic carbocycles. The summed E-state index contributed by atoms with van der Waals surface area (Å²) >= 11 is 0. The Labute approximate surface area is 171 Å². The molecule has 0 bridgehead atoms. The van der Waals surface area contributed by atoms with Crippen molar-refractivity contribution < 1.29 is 4.79 Å². The predicted molar refractivity (Wildman–Crippen MR) is 117 cm³/mol. The summed E-state index contributed by atoms with van der Waals surface area (Å²) in [5.74, 6) is 0.640. The highest BCUT2D eigenvalue weighted by Gasteiger charge is 2.19. The molecule has 1 aliphatic heterocycles. The van der Waals surface area contributed by atoms with Gasteiger partial charge in [0.15, 0.2) is 5.96 Å². The molecule has 5 nitrogen and oxygen atoms in total. The molecule has 0 spiro atoms. The van der Waals surface area contributed by atoms with Crippen LogP contribution in [0.25, 0.3) is 0 Å². The van der Waals surface area contributed by atoms with E-state index in [9.17, 15) is 4.79 Å². The SMILES string of the molecule is Cc1cccc(NC(N)=NCc2cccc(CN3CCCC3=O)c2)c1.I. The van der Waals surface area contributed by atoms with Crippen LogP contribution in [0.15, 0.2) is 53.5 Å².